The van der Waals surface area contributed by atoms with E-state index in [1.165, 1.54) is 12.7 Å². The van der Waals surface area contributed by atoms with E-state index in [4.69, 9.17) is 22.1 Å². The average Bonchev–Trinajstić information content (AvgIpc) is 2.37. The number of hydrogen-bond acceptors (Lipinski definition) is 3. The highest BCUT2D eigenvalue weighted by molar-refractivity contribution is 6.31. The molecule has 1 aromatic carbocycles. The van der Waals surface area contributed by atoms with Crippen molar-refractivity contribution < 1.29 is 9.53 Å². The van der Waals surface area contributed by atoms with Crippen LogP contribution < -0.4 is 11.1 Å². The molecule has 106 valence electrons. The van der Waals surface area contributed by atoms with Crippen molar-refractivity contribution in [1.29, 1.82) is 0 Å². The highest BCUT2D eigenvalue weighted by atomic mass is 35.5. The molecule has 1 aromatic rings. The van der Waals surface area contributed by atoms with Crippen molar-refractivity contribution >= 4 is 17.5 Å². The number of benzene rings is 1. The third kappa shape index (κ3) is 4.82. The molecule has 19 heavy (non-hydrogen) atoms. The molecule has 0 spiro atoms. The number of rotatable bonds is 6. The number of carbonyl (C=O) groups excluding carboxylic acids is 1. The van der Waals surface area contributed by atoms with Gasteiger partial charge in [-0.1, -0.05) is 37.6 Å². The molecular formula is C14H21ClN2O2. The minimum Gasteiger partial charge on any atom is -0.383 e. The van der Waals surface area contributed by atoms with Crippen LogP contribution in [0.4, 0.5) is 0 Å². The predicted molar refractivity (Wildman–Crippen MR) is 77.2 cm³/mol. The Balaban J connectivity index is 2.67. The van der Waals surface area contributed by atoms with Gasteiger partial charge in [0.2, 0.25) is 5.91 Å². The summed E-state index contributed by atoms with van der Waals surface area (Å²) in [6.45, 7) is 4.79. The van der Waals surface area contributed by atoms with Gasteiger partial charge in [-0.25, -0.2) is 0 Å². The highest BCUT2D eigenvalue weighted by Crippen LogP contribution is 2.22. The van der Waals surface area contributed by atoms with Crippen LogP contribution >= 0.6 is 11.6 Å². The minimum absolute atomic E-state index is 0.200. The molecule has 1 rings (SSSR count). The lowest BCUT2D eigenvalue weighted by Crippen LogP contribution is -2.43. The van der Waals surface area contributed by atoms with Crippen LogP contribution in [0.2, 0.25) is 5.02 Å². The molecule has 5 heteroatoms. The molecule has 0 radical (unpaired) electrons. The number of amides is 1. The molecule has 0 aliphatic carbocycles. The molecule has 0 heterocycles. The first-order valence-electron chi connectivity index (χ1n) is 6.26. The number of methoxy groups -OCH3 is 1. The van der Waals surface area contributed by atoms with Crippen molar-refractivity contribution in [2.75, 3.05) is 13.7 Å². The normalized spacial score (nSPS) is 12.5. The Morgan fingerprint density at radius 2 is 2.16 bits per heavy atom. The summed E-state index contributed by atoms with van der Waals surface area (Å²) < 4.78 is 4.84. The summed E-state index contributed by atoms with van der Waals surface area (Å²) in [6, 6.07) is 5.20. The van der Waals surface area contributed by atoms with Gasteiger partial charge in [0.05, 0.1) is 6.61 Å². The number of nitrogens with one attached hydrogen (secondary N) is 1. The Morgan fingerprint density at radius 3 is 2.74 bits per heavy atom. The fourth-order valence-electron chi connectivity index (χ4n) is 1.66. The molecule has 4 nitrogen and oxygen atoms in total. The summed E-state index contributed by atoms with van der Waals surface area (Å²) in [5.41, 5.74) is 7.72. The lowest BCUT2D eigenvalue weighted by Gasteiger charge is -2.13. The lowest BCUT2D eigenvalue weighted by molar-refractivity contribution is -0.123. The van der Waals surface area contributed by atoms with E-state index in [9.17, 15) is 4.79 Å². The number of hydrogen-bond donors (Lipinski definition) is 2. The van der Waals surface area contributed by atoms with Gasteiger partial charge in [-0.15, -0.1) is 0 Å². The van der Waals surface area contributed by atoms with E-state index >= 15 is 0 Å². The first kappa shape index (κ1) is 16.0. The van der Waals surface area contributed by atoms with Gasteiger partial charge >= 0.3 is 0 Å². The van der Waals surface area contributed by atoms with E-state index in [-0.39, 0.29) is 12.5 Å². The maximum absolute atomic E-state index is 11.7. The molecule has 0 fully saturated rings. The van der Waals surface area contributed by atoms with Gasteiger partial charge in [-0.3, -0.25) is 4.79 Å². The van der Waals surface area contributed by atoms with Crippen molar-refractivity contribution in [2.24, 2.45) is 5.73 Å². The van der Waals surface area contributed by atoms with Gasteiger partial charge in [-0.2, -0.15) is 0 Å². The average molecular weight is 285 g/mol. The largest absolute Gasteiger partial charge is 0.383 e. The van der Waals surface area contributed by atoms with Crippen molar-refractivity contribution in [3.63, 3.8) is 0 Å². The van der Waals surface area contributed by atoms with E-state index in [1.807, 2.05) is 18.2 Å². The first-order valence-corrected chi connectivity index (χ1v) is 6.64. The highest BCUT2D eigenvalue weighted by Gasteiger charge is 2.13. The fourth-order valence-corrected chi connectivity index (χ4v) is 1.84. The van der Waals surface area contributed by atoms with E-state index in [1.54, 1.807) is 0 Å². The van der Waals surface area contributed by atoms with Crippen molar-refractivity contribution in [3.05, 3.63) is 34.3 Å². The summed E-state index contributed by atoms with van der Waals surface area (Å²) in [5.74, 6) is 0.176. The number of ether oxygens (including phenoxy) is 1. The van der Waals surface area contributed by atoms with Gasteiger partial charge in [0.15, 0.2) is 0 Å². The molecule has 1 atom stereocenters. The number of nitrogens with two attached hydrogens (primary N) is 1. The van der Waals surface area contributed by atoms with Gasteiger partial charge in [-0.05, 0) is 23.1 Å². The first-order chi connectivity index (χ1) is 8.95. The second-order valence-corrected chi connectivity index (χ2v) is 5.19. The van der Waals surface area contributed by atoms with Crippen LogP contribution in [0.15, 0.2) is 18.2 Å². The van der Waals surface area contributed by atoms with E-state index in [2.05, 4.69) is 19.2 Å². The third-order valence-electron chi connectivity index (χ3n) is 2.87. The maximum Gasteiger partial charge on any atom is 0.239 e. The lowest BCUT2D eigenvalue weighted by atomic mass is 10.0. The predicted octanol–water partition coefficient (Wildman–Crippen LogP) is 2.05. The van der Waals surface area contributed by atoms with Crippen LogP contribution in [0.3, 0.4) is 0 Å². The summed E-state index contributed by atoms with van der Waals surface area (Å²) in [6.07, 6.45) is 0. The smallest absolute Gasteiger partial charge is 0.239 e. The second-order valence-electron chi connectivity index (χ2n) is 4.79. The molecule has 0 aromatic heterocycles. The van der Waals surface area contributed by atoms with E-state index in [0.717, 1.165) is 5.56 Å². The zero-order valence-electron chi connectivity index (χ0n) is 11.6. The summed E-state index contributed by atoms with van der Waals surface area (Å²) in [7, 11) is 1.51. The summed E-state index contributed by atoms with van der Waals surface area (Å²) in [5, 5.41) is 3.41. The quantitative estimate of drug-likeness (QED) is 0.840. The monoisotopic (exact) mass is 284 g/mol. The molecule has 1 unspecified atom stereocenters. The van der Waals surface area contributed by atoms with Crippen molar-refractivity contribution in [1.82, 2.24) is 5.32 Å². The molecule has 1 amide bonds. The Kier molecular flexibility index (Phi) is 6.28. The standard InChI is InChI=1S/C14H21ClN2O2/c1-9(2)10-4-5-12(15)11(6-10)7-17-14(18)13(16)8-19-3/h4-6,9,13H,7-8,16H2,1-3H3,(H,17,18). The zero-order chi connectivity index (χ0) is 14.4. The summed E-state index contributed by atoms with van der Waals surface area (Å²) in [4.78, 5) is 11.7. The third-order valence-corrected chi connectivity index (χ3v) is 3.24. The van der Waals surface area contributed by atoms with Gasteiger partial charge < -0.3 is 15.8 Å². The molecule has 0 aliphatic heterocycles. The van der Waals surface area contributed by atoms with Gasteiger partial charge in [0.1, 0.15) is 6.04 Å². The molecule has 0 saturated heterocycles. The second kappa shape index (κ2) is 7.48. The fraction of sp³-hybridized carbons (Fsp3) is 0.500. The number of halogens is 1. The Bertz CT molecular complexity index is 435. The summed E-state index contributed by atoms with van der Waals surface area (Å²) >= 11 is 6.12. The van der Waals surface area contributed by atoms with Crippen molar-refractivity contribution in [3.8, 4) is 0 Å². The maximum atomic E-state index is 11.7. The van der Waals surface area contributed by atoms with Crippen molar-refractivity contribution in [2.45, 2.75) is 32.4 Å². The minimum atomic E-state index is -0.656. The molecule has 0 aliphatic rings. The molecule has 3 N–H and O–H groups in total. The number of carbonyl (C=O) groups is 1. The van der Waals surface area contributed by atoms with Gasteiger partial charge in [0.25, 0.3) is 0 Å². The van der Waals surface area contributed by atoms with E-state index in [0.29, 0.717) is 17.5 Å². The molecular weight excluding hydrogens is 264 g/mol. The zero-order valence-corrected chi connectivity index (χ0v) is 12.3. The van der Waals surface area contributed by atoms with Crippen LogP contribution in [-0.2, 0) is 16.1 Å². The van der Waals surface area contributed by atoms with E-state index < -0.39 is 6.04 Å². The van der Waals surface area contributed by atoms with Crippen LogP contribution in [-0.4, -0.2) is 25.7 Å². The van der Waals surface area contributed by atoms with Crippen LogP contribution in [0.5, 0.6) is 0 Å². The van der Waals surface area contributed by atoms with Crippen LogP contribution in [0.1, 0.15) is 30.9 Å². The Labute approximate surface area is 119 Å². The SMILES string of the molecule is COCC(N)C(=O)NCc1cc(C(C)C)ccc1Cl. The topological polar surface area (TPSA) is 64.3 Å². The molecule has 0 bridgehead atoms. The van der Waals surface area contributed by atoms with Crippen LogP contribution in [0, 0.1) is 0 Å². The Hall–Kier alpha value is -1.10. The molecule has 0 saturated carbocycles. The Morgan fingerprint density at radius 1 is 1.47 bits per heavy atom. The van der Waals surface area contributed by atoms with Crippen LogP contribution in [0.25, 0.3) is 0 Å². The van der Waals surface area contributed by atoms with Gasteiger partial charge in [0, 0.05) is 18.7 Å².